The van der Waals surface area contributed by atoms with Crippen molar-refractivity contribution in [2.45, 2.75) is 18.9 Å². The molecule has 3 rings (SSSR count). The van der Waals surface area contributed by atoms with Crippen LogP contribution in [0.5, 0.6) is 0 Å². The van der Waals surface area contributed by atoms with Crippen molar-refractivity contribution in [2.24, 2.45) is 0 Å². The van der Waals surface area contributed by atoms with Gasteiger partial charge in [0, 0.05) is 32.2 Å². The molecule has 2 aliphatic rings. The number of hydrogen-bond acceptors (Lipinski definition) is 4. The predicted molar refractivity (Wildman–Crippen MR) is 90.4 cm³/mol. The molecular weight excluding hydrogens is 316 g/mol. The van der Waals surface area contributed by atoms with E-state index in [0.717, 1.165) is 18.8 Å². The highest BCUT2D eigenvalue weighted by Crippen LogP contribution is 2.29. The number of anilines is 1. The standard InChI is InChI=1S/C17H23ClN2O3/c1-19(11-14-12-22-8-9-23-14)17(21)13-4-5-16(15(18)10-13)20-6-2-3-7-20/h4-5,10,14H,2-3,6-9,11-12H2,1H3. The summed E-state index contributed by atoms with van der Waals surface area (Å²) in [5, 5.41) is 0.642. The summed E-state index contributed by atoms with van der Waals surface area (Å²) in [5.41, 5.74) is 1.63. The summed E-state index contributed by atoms with van der Waals surface area (Å²) in [6.45, 7) is 4.33. The summed E-state index contributed by atoms with van der Waals surface area (Å²) < 4.78 is 11.0. The van der Waals surface area contributed by atoms with Gasteiger partial charge in [-0.3, -0.25) is 4.79 Å². The van der Waals surface area contributed by atoms with Crippen LogP contribution >= 0.6 is 11.6 Å². The number of nitrogens with zero attached hydrogens (tertiary/aromatic N) is 2. The third-order valence-corrected chi connectivity index (χ3v) is 4.65. The molecular formula is C17H23ClN2O3. The molecule has 0 aromatic heterocycles. The first kappa shape index (κ1) is 16.6. The van der Waals surface area contributed by atoms with E-state index in [2.05, 4.69) is 4.90 Å². The van der Waals surface area contributed by atoms with Crippen LogP contribution in [0.1, 0.15) is 23.2 Å². The van der Waals surface area contributed by atoms with Gasteiger partial charge in [0.05, 0.1) is 36.6 Å². The highest BCUT2D eigenvalue weighted by molar-refractivity contribution is 6.33. The van der Waals surface area contributed by atoms with Crippen LogP contribution in [0.3, 0.4) is 0 Å². The fraction of sp³-hybridized carbons (Fsp3) is 0.588. The lowest BCUT2D eigenvalue weighted by Gasteiger charge is -2.27. The SMILES string of the molecule is CN(CC1COCCO1)C(=O)c1ccc(N2CCCC2)c(Cl)c1. The molecule has 5 nitrogen and oxygen atoms in total. The minimum Gasteiger partial charge on any atom is -0.376 e. The van der Waals surface area contributed by atoms with Crippen molar-refractivity contribution < 1.29 is 14.3 Å². The predicted octanol–water partition coefficient (Wildman–Crippen LogP) is 2.43. The molecule has 0 saturated carbocycles. The molecule has 1 amide bonds. The van der Waals surface area contributed by atoms with E-state index in [1.807, 2.05) is 12.1 Å². The van der Waals surface area contributed by atoms with Gasteiger partial charge in [0.1, 0.15) is 0 Å². The Bertz CT molecular complexity index is 555. The van der Waals surface area contributed by atoms with Crippen molar-refractivity contribution in [3.63, 3.8) is 0 Å². The molecule has 1 atom stereocenters. The van der Waals surface area contributed by atoms with Crippen molar-refractivity contribution >= 4 is 23.2 Å². The minimum absolute atomic E-state index is 0.0472. The molecule has 0 radical (unpaired) electrons. The highest BCUT2D eigenvalue weighted by atomic mass is 35.5. The Morgan fingerprint density at radius 2 is 2.13 bits per heavy atom. The molecule has 2 aliphatic heterocycles. The van der Waals surface area contributed by atoms with Crippen molar-refractivity contribution in [3.05, 3.63) is 28.8 Å². The second-order valence-corrected chi connectivity index (χ2v) is 6.52. The van der Waals surface area contributed by atoms with E-state index < -0.39 is 0 Å². The van der Waals surface area contributed by atoms with Gasteiger partial charge in [0.15, 0.2) is 0 Å². The van der Waals surface area contributed by atoms with Gasteiger partial charge >= 0.3 is 0 Å². The third kappa shape index (κ3) is 3.97. The van der Waals surface area contributed by atoms with Crippen LogP contribution in [-0.4, -0.2) is 63.4 Å². The molecule has 1 aromatic carbocycles. The summed E-state index contributed by atoms with van der Waals surface area (Å²) >= 11 is 6.39. The number of carbonyl (C=O) groups excluding carboxylic acids is 1. The molecule has 6 heteroatoms. The minimum atomic E-state index is -0.0583. The van der Waals surface area contributed by atoms with Crippen molar-refractivity contribution in [1.29, 1.82) is 0 Å². The average molecular weight is 339 g/mol. The monoisotopic (exact) mass is 338 g/mol. The lowest BCUT2D eigenvalue weighted by Crippen LogP contribution is -2.40. The van der Waals surface area contributed by atoms with E-state index in [4.69, 9.17) is 21.1 Å². The molecule has 0 N–H and O–H groups in total. The van der Waals surface area contributed by atoms with E-state index >= 15 is 0 Å². The quantitative estimate of drug-likeness (QED) is 0.845. The molecule has 23 heavy (non-hydrogen) atoms. The molecule has 0 bridgehead atoms. The Labute approximate surface area is 142 Å². The molecule has 2 fully saturated rings. The van der Waals surface area contributed by atoms with Crippen LogP contribution in [-0.2, 0) is 9.47 Å². The van der Waals surface area contributed by atoms with E-state index in [-0.39, 0.29) is 12.0 Å². The molecule has 1 aromatic rings. The lowest BCUT2D eigenvalue weighted by atomic mass is 10.1. The van der Waals surface area contributed by atoms with Crippen LogP contribution in [0.4, 0.5) is 5.69 Å². The Hall–Kier alpha value is -1.30. The van der Waals surface area contributed by atoms with Gasteiger partial charge in [-0.05, 0) is 31.0 Å². The van der Waals surface area contributed by atoms with Gasteiger partial charge < -0.3 is 19.3 Å². The first-order chi connectivity index (χ1) is 11.1. The first-order valence-corrected chi connectivity index (χ1v) is 8.52. The zero-order chi connectivity index (χ0) is 16.2. The molecule has 0 spiro atoms. The van der Waals surface area contributed by atoms with Crippen LogP contribution < -0.4 is 4.90 Å². The second-order valence-electron chi connectivity index (χ2n) is 6.11. The van der Waals surface area contributed by atoms with Crippen LogP contribution in [0.25, 0.3) is 0 Å². The Morgan fingerprint density at radius 1 is 1.35 bits per heavy atom. The van der Waals surface area contributed by atoms with E-state index in [0.29, 0.717) is 37.0 Å². The Balaban J connectivity index is 1.65. The van der Waals surface area contributed by atoms with Gasteiger partial charge in [0.25, 0.3) is 5.91 Å². The third-order valence-electron chi connectivity index (χ3n) is 4.35. The van der Waals surface area contributed by atoms with Crippen molar-refractivity contribution in [3.8, 4) is 0 Å². The van der Waals surface area contributed by atoms with Gasteiger partial charge in [-0.15, -0.1) is 0 Å². The molecule has 2 heterocycles. The molecule has 1 unspecified atom stereocenters. The van der Waals surface area contributed by atoms with E-state index in [9.17, 15) is 4.79 Å². The lowest BCUT2D eigenvalue weighted by molar-refractivity contribution is -0.0933. The normalized spacial score (nSPS) is 21.5. The zero-order valence-corrected chi connectivity index (χ0v) is 14.2. The van der Waals surface area contributed by atoms with E-state index in [1.165, 1.54) is 12.8 Å². The maximum absolute atomic E-state index is 12.6. The first-order valence-electron chi connectivity index (χ1n) is 8.14. The van der Waals surface area contributed by atoms with Crippen molar-refractivity contribution in [2.75, 3.05) is 51.4 Å². The molecule has 2 saturated heterocycles. The van der Waals surface area contributed by atoms with Gasteiger partial charge in [-0.25, -0.2) is 0 Å². The number of carbonyl (C=O) groups is 1. The smallest absolute Gasteiger partial charge is 0.253 e. The van der Waals surface area contributed by atoms with Gasteiger partial charge in [-0.2, -0.15) is 0 Å². The second kappa shape index (κ2) is 7.51. The summed E-state index contributed by atoms with van der Waals surface area (Å²) in [5.74, 6) is -0.0472. The summed E-state index contributed by atoms with van der Waals surface area (Å²) in [7, 11) is 1.78. The Kier molecular flexibility index (Phi) is 5.41. The maximum Gasteiger partial charge on any atom is 0.253 e. The van der Waals surface area contributed by atoms with Gasteiger partial charge in [0.2, 0.25) is 0 Å². The summed E-state index contributed by atoms with van der Waals surface area (Å²) in [6, 6.07) is 5.58. The fourth-order valence-corrected chi connectivity index (χ4v) is 3.41. The number of hydrogen-bond donors (Lipinski definition) is 0. The average Bonchev–Trinajstić information content (AvgIpc) is 3.09. The number of rotatable bonds is 4. The Morgan fingerprint density at radius 3 is 2.78 bits per heavy atom. The topological polar surface area (TPSA) is 42.0 Å². The zero-order valence-electron chi connectivity index (χ0n) is 13.5. The number of amides is 1. The van der Waals surface area contributed by atoms with Crippen LogP contribution in [0, 0.1) is 0 Å². The van der Waals surface area contributed by atoms with Crippen LogP contribution in [0.2, 0.25) is 5.02 Å². The van der Waals surface area contributed by atoms with E-state index in [1.54, 1.807) is 18.0 Å². The fourth-order valence-electron chi connectivity index (χ4n) is 3.11. The van der Waals surface area contributed by atoms with Gasteiger partial charge in [-0.1, -0.05) is 11.6 Å². The molecule has 0 aliphatic carbocycles. The largest absolute Gasteiger partial charge is 0.376 e. The number of benzene rings is 1. The number of ether oxygens (including phenoxy) is 2. The number of likely N-dealkylation sites (N-methyl/N-ethyl adjacent to an activating group) is 1. The van der Waals surface area contributed by atoms with Crippen molar-refractivity contribution in [1.82, 2.24) is 4.90 Å². The maximum atomic E-state index is 12.6. The van der Waals surface area contributed by atoms with Crippen LogP contribution in [0.15, 0.2) is 18.2 Å². The summed E-state index contributed by atoms with van der Waals surface area (Å²) in [6.07, 6.45) is 2.34. The highest BCUT2D eigenvalue weighted by Gasteiger charge is 2.21. The molecule has 126 valence electrons. The number of halogens is 1. The summed E-state index contributed by atoms with van der Waals surface area (Å²) in [4.78, 5) is 16.5.